The number of rotatable bonds is 3. The molecule has 0 unspecified atom stereocenters. The van der Waals surface area contributed by atoms with E-state index in [1.807, 2.05) is 18.2 Å². The van der Waals surface area contributed by atoms with Crippen molar-refractivity contribution in [2.45, 2.75) is 4.90 Å². The number of hydrogen-bond donors (Lipinski definition) is 1. The molecule has 0 saturated heterocycles. The lowest BCUT2D eigenvalue weighted by atomic mass is 10.1. The smallest absolute Gasteiger partial charge is 0.283 e. The van der Waals surface area contributed by atoms with Gasteiger partial charge >= 0.3 is 0 Å². The molecule has 0 saturated carbocycles. The Kier molecular flexibility index (Phi) is 4.01. The van der Waals surface area contributed by atoms with Crippen molar-refractivity contribution < 1.29 is 13.2 Å². The highest BCUT2D eigenvalue weighted by Gasteiger charge is 2.22. The number of benzene rings is 2. The van der Waals surface area contributed by atoms with Crippen LogP contribution in [-0.4, -0.2) is 23.7 Å². The Hall–Kier alpha value is -2.71. The molecule has 0 spiro atoms. The van der Waals surface area contributed by atoms with E-state index in [0.717, 1.165) is 9.86 Å². The standard InChI is InChI=1S/C18H12BrN3O3S/c19-13-8-9-22-15(11-20-17(22)10-13)18(23)21-26(24,25)16-7-3-5-12-4-1-2-6-14(12)16/h1-11H,(H,21,23). The summed E-state index contributed by atoms with van der Waals surface area (Å²) in [6, 6.07) is 15.5. The zero-order valence-electron chi connectivity index (χ0n) is 13.3. The predicted molar refractivity (Wildman–Crippen MR) is 101 cm³/mol. The normalized spacial score (nSPS) is 11.7. The summed E-state index contributed by atoms with van der Waals surface area (Å²) in [6.45, 7) is 0. The van der Waals surface area contributed by atoms with Gasteiger partial charge in [-0.05, 0) is 23.6 Å². The van der Waals surface area contributed by atoms with Crippen LogP contribution in [0.15, 0.2) is 76.4 Å². The molecule has 2 heterocycles. The van der Waals surface area contributed by atoms with Crippen LogP contribution < -0.4 is 4.72 Å². The van der Waals surface area contributed by atoms with E-state index in [1.54, 1.807) is 36.5 Å². The fraction of sp³-hybridized carbons (Fsp3) is 0. The van der Waals surface area contributed by atoms with Gasteiger partial charge in [0.05, 0.1) is 11.1 Å². The van der Waals surface area contributed by atoms with Gasteiger partial charge in [0.2, 0.25) is 0 Å². The third kappa shape index (κ3) is 2.87. The van der Waals surface area contributed by atoms with Crippen molar-refractivity contribution in [3.05, 3.63) is 77.2 Å². The Labute approximate surface area is 157 Å². The zero-order valence-corrected chi connectivity index (χ0v) is 15.7. The van der Waals surface area contributed by atoms with E-state index >= 15 is 0 Å². The summed E-state index contributed by atoms with van der Waals surface area (Å²) < 4.78 is 30.0. The van der Waals surface area contributed by atoms with Crippen molar-refractivity contribution in [1.82, 2.24) is 14.1 Å². The van der Waals surface area contributed by atoms with Gasteiger partial charge < -0.3 is 0 Å². The Morgan fingerprint density at radius 2 is 1.85 bits per heavy atom. The highest BCUT2D eigenvalue weighted by molar-refractivity contribution is 9.10. The van der Waals surface area contributed by atoms with Crippen LogP contribution >= 0.6 is 15.9 Å². The molecule has 1 amide bonds. The van der Waals surface area contributed by atoms with Crippen LogP contribution in [0.4, 0.5) is 0 Å². The molecule has 0 radical (unpaired) electrons. The first-order valence-electron chi connectivity index (χ1n) is 7.63. The lowest BCUT2D eigenvalue weighted by Gasteiger charge is -2.09. The van der Waals surface area contributed by atoms with Gasteiger partial charge in [0.1, 0.15) is 11.3 Å². The molecule has 4 rings (SSSR count). The average Bonchev–Trinajstić information content (AvgIpc) is 3.04. The van der Waals surface area contributed by atoms with E-state index in [-0.39, 0.29) is 10.6 Å². The molecule has 130 valence electrons. The van der Waals surface area contributed by atoms with Crippen LogP contribution in [0.2, 0.25) is 0 Å². The van der Waals surface area contributed by atoms with Gasteiger partial charge in [0.15, 0.2) is 0 Å². The number of carbonyl (C=O) groups is 1. The van der Waals surface area contributed by atoms with Crippen LogP contribution in [0.5, 0.6) is 0 Å². The predicted octanol–water partition coefficient (Wildman–Crippen LogP) is 3.37. The maximum absolute atomic E-state index is 12.8. The molecule has 0 fully saturated rings. The Morgan fingerprint density at radius 3 is 2.69 bits per heavy atom. The van der Waals surface area contributed by atoms with Crippen molar-refractivity contribution >= 4 is 48.3 Å². The molecule has 6 nitrogen and oxygen atoms in total. The first-order valence-corrected chi connectivity index (χ1v) is 9.91. The van der Waals surface area contributed by atoms with E-state index in [1.165, 1.54) is 16.7 Å². The number of sulfonamides is 1. The zero-order chi connectivity index (χ0) is 18.3. The number of amides is 1. The number of nitrogens with zero attached hydrogens (tertiary/aromatic N) is 2. The summed E-state index contributed by atoms with van der Waals surface area (Å²) in [7, 11) is -4.04. The second-order valence-corrected chi connectivity index (χ2v) is 8.20. The van der Waals surface area contributed by atoms with E-state index in [9.17, 15) is 13.2 Å². The number of imidazole rings is 1. The number of nitrogens with one attached hydrogen (secondary N) is 1. The van der Waals surface area contributed by atoms with E-state index in [0.29, 0.717) is 11.0 Å². The van der Waals surface area contributed by atoms with Crippen molar-refractivity contribution in [1.29, 1.82) is 0 Å². The summed E-state index contributed by atoms with van der Waals surface area (Å²) >= 11 is 3.33. The van der Waals surface area contributed by atoms with Gasteiger partial charge in [0, 0.05) is 16.1 Å². The van der Waals surface area contributed by atoms with Crippen molar-refractivity contribution in [2.24, 2.45) is 0 Å². The van der Waals surface area contributed by atoms with Crippen LogP contribution in [0.25, 0.3) is 16.4 Å². The number of aromatic nitrogens is 2. The minimum atomic E-state index is -4.04. The van der Waals surface area contributed by atoms with Gasteiger partial charge in [-0.25, -0.2) is 18.1 Å². The summed E-state index contributed by atoms with van der Waals surface area (Å²) in [5, 5.41) is 1.33. The minimum absolute atomic E-state index is 0.0560. The molecular weight excluding hydrogens is 418 g/mol. The summed E-state index contributed by atoms with van der Waals surface area (Å²) in [5.41, 5.74) is 0.670. The van der Waals surface area contributed by atoms with Crippen LogP contribution in [0.1, 0.15) is 10.5 Å². The molecule has 0 atom stereocenters. The fourth-order valence-corrected chi connectivity index (χ4v) is 4.30. The molecule has 4 aromatic rings. The third-order valence-electron chi connectivity index (χ3n) is 3.97. The van der Waals surface area contributed by atoms with Crippen molar-refractivity contribution in [3.63, 3.8) is 0 Å². The van der Waals surface area contributed by atoms with Crippen LogP contribution in [-0.2, 0) is 10.0 Å². The van der Waals surface area contributed by atoms with Gasteiger partial charge in [-0.2, -0.15) is 0 Å². The average molecular weight is 430 g/mol. The Bertz CT molecular complexity index is 1260. The first-order chi connectivity index (χ1) is 12.5. The van der Waals surface area contributed by atoms with E-state index in [2.05, 4.69) is 25.6 Å². The summed E-state index contributed by atoms with van der Waals surface area (Å²) in [4.78, 5) is 16.8. The summed E-state index contributed by atoms with van der Waals surface area (Å²) in [6.07, 6.45) is 2.99. The highest BCUT2D eigenvalue weighted by atomic mass is 79.9. The molecular formula is C18H12BrN3O3S. The quantitative estimate of drug-likeness (QED) is 0.541. The number of halogens is 1. The molecule has 2 aromatic carbocycles. The second kappa shape index (κ2) is 6.22. The molecule has 1 N–H and O–H groups in total. The maximum Gasteiger partial charge on any atom is 0.283 e. The molecule has 26 heavy (non-hydrogen) atoms. The topological polar surface area (TPSA) is 80.5 Å². The first kappa shape index (κ1) is 16.7. The van der Waals surface area contributed by atoms with Gasteiger partial charge in [-0.1, -0.05) is 52.3 Å². The Balaban J connectivity index is 1.74. The van der Waals surface area contributed by atoms with Crippen molar-refractivity contribution in [3.8, 4) is 0 Å². The molecule has 0 bridgehead atoms. The molecule has 0 aliphatic rings. The largest absolute Gasteiger partial charge is 0.295 e. The van der Waals surface area contributed by atoms with E-state index in [4.69, 9.17) is 0 Å². The lowest BCUT2D eigenvalue weighted by molar-refractivity contribution is 0.0975. The van der Waals surface area contributed by atoms with Crippen LogP contribution in [0, 0.1) is 0 Å². The number of fused-ring (bicyclic) bond motifs is 2. The SMILES string of the molecule is O=C(NS(=O)(=O)c1cccc2ccccc12)c1cnc2cc(Br)ccn12. The Morgan fingerprint density at radius 1 is 1.08 bits per heavy atom. The molecule has 8 heteroatoms. The van der Waals surface area contributed by atoms with Gasteiger partial charge in [-0.15, -0.1) is 0 Å². The fourth-order valence-electron chi connectivity index (χ4n) is 2.78. The molecule has 2 aromatic heterocycles. The maximum atomic E-state index is 12.8. The van der Waals surface area contributed by atoms with Crippen LogP contribution in [0.3, 0.4) is 0 Å². The number of pyridine rings is 1. The van der Waals surface area contributed by atoms with Gasteiger partial charge in [-0.3, -0.25) is 9.20 Å². The number of hydrogen-bond acceptors (Lipinski definition) is 4. The van der Waals surface area contributed by atoms with Crippen molar-refractivity contribution in [2.75, 3.05) is 0 Å². The second-order valence-electron chi connectivity index (χ2n) is 5.63. The molecule has 0 aliphatic carbocycles. The monoisotopic (exact) mass is 429 g/mol. The van der Waals surface area contributed by atoms with Gasteiger partial charge in [0.25, 0.3) is 15.9 Å². The number of carbonyl (C=O) groups excluding carboxylic acids is 1. The third-order valence-corrected chi connectivity index (χ3v) is 5.86. The lowest BCUT2D eigenvalue weighted by Crippen LogP contribution is -2.31. The minimum Gasteiger partial charge on any atom is -0.295 e. The highest BCUT2D eigenvalue weighted by Crippen LogP contribution is 2.23. The molecule has 0 aliphatic heterocycles. The summed E-state index contributed by atoms with van der Waals surface area (Å²) in [5.74, 6) is -0.743. The van der Waals surface area contributed by atoms with E-state index < -0.39 is 15.9 Å².